The number of pyridine rings is 2. The van der Waals surface area contributed by atoms with Crippen molar-refractivity contribution in [3.05, 3.63) is 71.9 Å². The van der Waals surface area contributed by atoms with Gasteiger partial charge in [-0.2, -0.15) is 0 Å². The maximum atomic E-state index is 6.91. The molecule has 3 aliphatic heterocycles. The summed E-state index contributed by atoms with van der Waals surface area (Å²) in [5, 5.41) is 2.26. The van der Waals surface area contributed by atoms with E-state index in [1.165, 1.54) is 23.8 Å². The molecule has 1 unspecified atom stereocenters. The summed E-state index contributed by atoms with van der Waals surface area (Å²) in [7, 11) is 1.71. The SMILES string of the molecule is CC[C@H]1CN2CC[C@H]1C[C@H]2[C@H](Oc1cc(C)c2ccccc2n1)c1ccnc2ccc(OC)cc12. The highest BCUT2D eigenvalue weighted by Gasteiger charge is 2.44. The lowest BCUT2D eigenvalue weighted by atomic mass is 9.72. The minimum absolute atomic E-state index is 0.138. The zero-order valence-electron chi connectivity index (χ0n) is 20.8. The van der Waals surface area contributed by atoms with Gasteiger partial charge in [-0.15, -0.1) is 0 Å². The van der Waals surface area contributed by atoms with Crippen molar-refractivity contribution in [2.45, 2.75) is 45.3 Å². The third-order valence-corrected chi connectivity index (χ3v) is 8.25. The number of hydrogen-bond donors (Lipinski definition) is 0. The summed E-state index contributed by atoms with van der Waals surface area (Å²) >= 11 is 0. The number of benzene rings is 2. The van der Waals surface area contributed by atoms with Crippen LogP contribution in [0.2, 0.25) is 0 Å². The lowest BCUT2D eigenvalue weighted by Crippen LogP contribution is -2.56. The Kier molecular flexibility index (Phi) is 5.81. The topological polar surface area (TPSA) is 47.5 Å². The van der Waals surface area contributed by atoms with Crippen LogP contribution in [-0.4, -0.2) is 41.1 Å². The quantitative estimate of drug-likeness (QED) is 0.331. The van der Waals surface area contributed by atoms with E-state index in [2.05, 4.69) is 60.1 Å². The lowest BCUT2D eigenvalue weighted by molar-refractivity contribution is -0.0492. The van der Waals surface area contributed by atoms with Gasteiger partial charge >= 0.3 is 0 Å². The molecule has 0 aliphatic carbocycles. The van der Waals surface area contributed by atoms with Crippen LogP contribution < -0.4 is 9.47 Å². The molecule has 35 heavy (non-hydrogen) atoms. The predicted octanol–water partition coefficient (Wildman–Crippen LogP) is 6.34. The normalized spacial score (nSPS) is 24.5. The minimum Gasteiger partial charge on any atom is -0.497 e. The van der Waals surface area contributed by atoms with Gasteiger partial charge in [0.05, 0.1) is 24.2 Å². The molecule has 0 saturated carbocycles. The first-order valence-electron chi connectivity index (χ1n) is 12.8. The molecule has 0 N–H and O–H groups in total. The van der Waals surface area contributed by atoms with Gasteiger partial charge in [0.25, 0.3) is 0 Å². The van der Waals surface area contributed by atoms with E-state index >= 15 is 0 Å². The fourth-order valence-corrected chi connectivity index (χ4v) is 6.34. The second-order valence-electron chi connectivity index (χ2n) is 10.1. The van der Waals surface area contributed by atoms with E-state index in [1.807, 2.05) is 24.4 Å². The molecule has 0 radical (unpaired) electrons. The van der Waals surface area contributed by atoms with E-state index in [-0.39, 0.29) is 6.10 Å². The molecular formula is C30H33N3O2. The first-order valence-corrected chi connectivity index (χ1v) is 12.8. The van der Waals surface area contributed by atoms with Crippen molar-refractivity contribution in [2.24, 2.45) is 11.8 Å². The highest BCUT2D eigenvalue weighted by atomic mass is 16.5. The van der Waals surface area contributed by atoms with Gasteiger partial charge in [-0.1, -0.05) is 31.5 Å². The fraction of sp³-hybridized carbons (Fsp3) is 0.400. The molecule has 0 amide bonds. The average Bonchev–Trinajstić information content (AvgIpc) is 2.91. The number of methoxy groups -OCH3 is 1. The van der Waals surface area contributed by atoms with Gasteiger partial charge in [-0.3, -0.25) is 9.88 Å². The molecule has 3 fully saturated rings. The first kappa shape index (κ1) is 22.3. The number of ether oxygens (including phenoxy) is 2. The van der Waals surface area contributed by atoms with Gasteiger partial charge in [0.15, 0.2) is 0 Å². The van der Waals surface area contributed by atoms with Crippen molar-refractivity contribution in [3.8, 4) is 11.6 Å². The minimum atomic E-state index is -0.138. The van der Waals surface area contributed by atoms with Gasteiger partial charge in [0.1, 0.15) is 11.9 Å². The van der Waals surface area contributed by atoms with Crippen LogP contribution in [0, 0.1) is 18.8 Å². The van der Waals surface area contributed by atoms with Gasteiger partial charge < -0.3 is 9.47 Å². The number of para-hydroxylation sites is 1. The molecule has 2 aromatic heterocycles. The molecule has 180 valence electrons. The molecule has 2 bridgehead atoms. The molecule has 5 heteroatoms. The van der Waals surface area contributed by atoms with Crippen LogP contribution in [0.15, 0.2) is 60.8 Å². The molecular weight excluding hydrogens is 434 g/mol. The van der Waals surface area contributed by atoms with E-state index in [4.69, 9.17) is 14.5 Å². The Hall–Kier alpha value is -3.18. The number of rotatable bonds is 6. The van der Waals surface area contributed by atoms with Crippen molar-refractivity contribution in [1.82, 2.24) is 14.9 Å². The van der Waals surface area contributed by atoms with Crippen molar-refractivity contribution in [3.63, 3.8) is 0 Å². The van der Waals surface area contributed by atoms with Crippen LogP contribution in [0.1, 0.15) is 43.4 Å². The van der Waals surface area contributed by atoms with Crippen LogP contribution in [0.3, 0.4) is 0 Å². The molecule has 2 aromatic carbocycles. The first-order chi connectivity index (χ1) is 17.1. The lowest BCUT2D eigenvalue weighted by Gasteiger charge is -2.51. The molecule has 5 heterocycles. The number of hydrogen-bond acceptors (Lipinski definition) is 5. The summed E-state index contributed by atoms with van der Waals surface area (Å²) < 4.78 is 12.5. The van der Waals surface area contributed by atoms with Crippen LogP contribution in [0.4, 0.5) is 0 Å². The molecule has 5 atom stereocenters. The van der Waals surface area contributed by atoms with E-state index in [9.17, 15) is 0 Å². The van der Waals surface area contributed by atoms with E-state index in [1.54, 1.807) is 7.11 Å². The maximum Gasteiger partial charge on any atom is 0.214 e. The number of aromatic nitrogens is 2. The Labute approximate surface area is 207 Å². The van der Waals surface area contributed by atoms with Crippen molar-refractivity contribution in [1.29, 1.82) is 0 Å². The maximum absolute atomic E-state index is 6.91. The zero-order chi connectivity index (χ0) is 23.9. The Bertz CT molecular complexity index is 1370. The predicted molar refractivity (Wildman–Crippen MR) is 140 cm³/mol. The van der Waals surface area contributed by atoms with Crippen molar-refractivity contribution >= 4 is 21.8 Å². The van der Waals surface area contributed by atoms with Crippen molar-refractivity contribution < 1.29 is 9.47 Å². The molecule has 3 aliphatic rings. The largest absolute Gasteiger partial charge is 0.497 e. The average molecular weight is 468 g/mol. The Morgan fingerprint density at radius 2 is 1.94 bits per heavy atom. The monoisotopic (exact) mass is 467 g/mol. The van der Waals surface area contributed by atoms with Crippen LogP contribution in [0.5, 0.6) is 11.6 Å². The zero-order valence-corrected chi connectivity index (χ0v) is 20.8. The fourth-order valence-electron chi connectivity index (χ4n) is 6.34. The summed E-state index contributed by atoms with van der Waals surface area (Å²) in [6, 6.07) is 18.9. The molecule has 7 rings (SSSR count). The highest BCUT2D eigenvalue weighted by molar-refractivity contribution is 5.84. The number of nitrogens with zero attached hydrogens (tertiary/aromatic N) is 3. The molecule has 3 saturated heterocycles. The summed E-state index contributed by atoms with van der Waals surface area (Å²) in [6.07, 6.45) is 5.47. The number of aryl methyl sites for hydroxylation is 1. The molecule has 5 nitrogen and oxygen atoms in total. The third kappa shape index (κ3) is 4.02. The van der Waals surface area contributed by atoms with Gasteiger partial charge in [0, 0.05) is 35.1 Å². The van der Waals surface area contributed by atoms with Crippen LogP contribution in [0.25, 0.3) is 21.8 Å². The summed E-state index contributed by atoms with van der Waals surface area (Å²) in [6.45, 7) is 6.76. The third-order valence-electron chi connectivity index (χ3n) is 8.25. The van der Waals surface area contributed by atoms with E-state index < -0.39 is 0 Å². The smallest absolute Gasteiger partial charge is 0.214 e. The highest BCUT2D eigenvalue weighted by Crippen LogP contribution is 2.44. The summed E-state index contributed by atoms with van der Waals surface area (Å²) in [5.74, 6) is 3.07. The van der Waals surface area contributed by atoms with Crippen LogP contribution in [-0.2, 0) is 0 Å². The van der Waals surface area contributed by atoms with E-state index in [0.717, 1.165) is 59.1 Å². The van der Waals surface area contributed by atoms with E-state index in [0.29, 0.717) is 11.9 Å². The van der Waals surface area contributed by atoms with Crippen LogP contribution >= 0.6 is 0 Å². The summed E-state index contributed by atoms with van der Waals surface area (Å²) in [4.78, 5) is 12.2. The molecule has 0 spiro atoms. The van der Waals surface area contributed by atoms with Gasteiger partial charge in [-0.25, -0.2) is 4.98 Å². The van der Waals surface area contributed by atoms with Gasteiger partial charge in [0.2, 0.25) is 5.88 Å². The standard InChI is InChI=1S/C30H33N3O2/c1-4-20-18-33-14-12-21(20)16-28(33)30(24-11-13-31-26-10-9-22(34-3)17-25(24)26)35-29-15-19(2)23-7-5-6-8-27(23)32-29/h5-11,13,15,17,20-21,28,30H,4,12,14,16,18H2,1-3H3/t20-,21-,28-,30+/m0/s1. The molecule has 4 aromatic rings. The number of fused-ring (bicyclic) bond motifs is 5. The number of piperidine rings is 3. The second kappa shape index (κ2) is 9.12. The van der Waals surface area contributed by atoms with Crippen molar-refractivity contribution in [2.75, 3.05) is 20.2 Å². The van der Waals surface area contributed by atoms with Gasteiger partial charge in [-0.05, 0) is 74.0 Å². The Morgan fingerprint density at radius 1 is 1.06 bits per heavy atom. The second-order valence-corrected chi connectivity index (χ2v) is 10.1. The Morgan fingerprint density at radius 3 is 2.74 bits per heavy atom. The summed E-state index contributed by atoms with van der Waals surface area (Å²) in [5.41, 5.74) is 4.27. The Balaban J connectivity index is 1.46.